The normalized spacial score (nSPS) is 12.7. The highest BCUT2D eigenvalue weighted by Gasteiger charge is 2.18. The Morgan fingerprint density at radius 3 is 2.72 bits per heavy atom. The van der Waals surface area contributed by atoms with E-state index in [1.165, 1.54) is 14.0 Å². The van der Waals surface area contributed by atoms with E-state index >= 15 is 0 Å². The van der Waals surface area contributed by atoms with Gasteiger partial charge in [0.15, 0.2) is 0 Å². The predicted octanol–water partition coefficient (Wildman–Crippen LogP) is 5.47. The van der Waals surface area contributed by atoms with Gasteiger partial charge in [0.1, 0.15) is 4.34 Å². The molecule has 0 saturated carbocycles. The summed E-state index contributed by atoms with van der Waals surface area (Å²) in [6.07, 6.45) is 0. The Labute approximate surface area is 138 Å². The molecule has 1 aromatic carbocycles. The zero-order valence-electron chi connectivity index (χ0n) is 9.71. The first-order valence-electron chi connectivity index (χ1n) is 5.56. The smallest absolute Gasteiger partial charge is 0.107 e. The first kappa shape index (κ1) is 14.8. The molecule has 5 heteroatoms. The highest BCUT2D eigenvalue weighted by Crippen LogP contribution is 2.38. The lowest BCUT2D eigenvalue weighted by molar-refractivity contribution is 0.637. The van der Waals surface area contributed by atoms with Gasteiger partial charge in [-0.25, -0.2) is 0 Å². The van der Waals surface area contributed by atoms with Crippen molar-refractivity contribution in [3.63, 3.8) is 0 Å². The maximum absolute atomic E-state index is 6.14. The summed E-state index contributed by atoms with van der Waals surface area (Å²) in [4.78, 5) is 1.23. The third-order valence-electron chi connectivity index (χ3n) is 2.57. The van der Waals surface area contributed by atoms with Gasteiger partial charge in [0.05, 0.1) is 6.04 Å². The van der Waals surface area contributed by atoms with Crippen LogP contribution in [-0.4, -0.2) is 6.54 Å². The molecule has 1 nitrogen and oxygen atoms in total. The van der Waals surface area contributed by atoms with Crippen molar-refractivity contribution in [3.05, 3.63) is 53.2 Å². The summed E-state index contributed by atoms with van der Waals surface area (Å²) in [6, 6.07) is 10.7. The van der Waals surface area contributed by atoms with Crippen LogP contribution in [0.4, 0.5) is 0 Å². The summed E-state index contributed by atoms with van der Waals surface area (Å²) in [5.74, 6) is 0. The summed E-state index contributed by atoms with van der Waals surface area (Å²) in [5.41, 5.74) is 1.30. The summed E-state index contributed by atoms with van der Waals surface area (Å²) >= 11 is 13.6. The molecule has 1 aromatic heterocycles. The molecule has 0 aliphatic heterocycles. The largest absolute Gasteiger partial charge is 0.306 e. The van der Waals surface area contributed by atoms with Crippen molar-refractivity contribution in [3.8, 4) is 0 Å². The second kappa shape index (κ2) is 6.70. The number of hydrogen-bond acceptors (Lipinski definition) is 2. The van der Waals surface area contributed by atoms with Crippen LogP contribution < -0.4 is 5.32 Å². The lowest BCUT2D eigenvalue weighted by Crippen LogP contribution is -2.21. The lowest BCUT2D eigenvalue weighted by Gasteiger charge is -2.18. The summed E-state index contributed by atoms with van der Waals surface area (Å²) < 4.78 is 3.04. The Morgan fingerprint density at radius 2 is 2.17 bits per heavy atom. The Hall–Kier alpha value is 0.380. The molecule has 1 heterocycles. The van der Waals surface area contributed by atoms with Gasteiger partial charge >= 0.3 is 0 Å². The monoisotopic (exact) mass is 455 g/mol. The molecule has 2 rings (SSSR count). The number of rotatable bonds is 4. The van der Waals surface area contributed by atoms with E-state index in [0.29, 0.717) is 0 Å². The average Bonchev–Trinajstić information content (AvgIpc) is 2.68. The van der Waals surface area contributed by atoms with E-state index in [4.69, 9.17) is 11.6 Å². The maximum Gasteiger partial charge on any atom is 0.107 e. The van der Waals surface area contributed by atoms with Gasteiger partial charge in [0, 0.05) is 12.9 Å². The Bertz CT molecular complexity index is 524. The molecule has 0 amide bonds. The molecule has 0 saturated heterocycles. The van der Waals surface area contributed by atoms with E-state index in [1.54, 1.807) is 11.3 Å². The van der Waals surface area contributed by atoms with Gasteiger partial charge < -0.3 is 5.32 Å². The van der Waals surface area contributed by atoms with Crippen molar-refractivity contribution in [1.82, 2.24) is 5.32 Å². The van der Waals surface area contributed by atoms with Crippen LogP contribution in [0.2, 0.25) is 4.34 Å². The second-order valence-corrected chi connectivity index (χ2v) is 7.48. The van der Waals surface area contributed by atoms with Crippen LogP contribution in [0.1, 0.15) is 23.4 Å². The molecule has 1 atom stereocenters. The highest BCUT2D eigenvalue weighted by atomic mass is 127. The number of benzene rings is 1. The van der Waals surface area contributed by atoms with Gasteiger partial charge in [-0.05, 0) is 62.8 Å². The molecule has 2 aromatic rings. The quantitative estimate of drug-likeness (QED) is 0.602. The minimum absolute atomic E-state index is 0.205. The van der Waals surface area contributed by atoms with Crippen molar-refractivity contribution in [1.29, 1.82) is 0 Å². The van der Waals surface area contributed by atoms with Crippen molar-refractivity contribution < 1.29 is 0 Å². The number of halogens is 3. The second-order valence-electron chi connectivity index (χ2n) is 3.78. The zero-order valence-corrected chi connectivity index (χ0v) is 15.0. The van der Waals surface area contributed by atoms with Crippen LogP contribution in [0, 0.1) is 3.57 Å². The average molecular weight is 457 g/mol. The van der Waals surface area contributed by atoms with Gasteiger partial charge in [0.25, 0.3) is 0 Å². The topological polar surface area (TPSA) is 12.0 Å². The predicted molar refractivity (Wildman–Crippen MR) is 91.7 cm³/mol. The third-order valence-corrected chi connectivity index (χ3v) is 6.10. The molecule has 1 unspecified atom stereocenters. The third kappa shape index (κ3) is 3.28. The molecular weight excluding hydrogens is 444 g/mol. The van der Waals surface area contributed by atoms with E-state index in [-0.39, 0.29) is 6.04 Å². The van der Waals surface area contributed by atoms with Gasteiger partial charge in [-0.15, -0.1) is 11.3 Å². The fraction of sp³-hybridized carbons (Fsp3) is 0.231. The number of hydrogen-bond donors (Lipinski definition) is 1. The molecule has 0 aliphatic rings. The van der Waals surface area contributed by atoms with Crippen molar-refractivity contribution >= 4 is 61.5 Å². The van der Waals surface area contributed by atoms with Crippen molar-refractivity contribution in [2.24, 2.45) is 0 Å². The van der Waals surface area contributed by atoms with Gasteiger partial charge in [0.2, 0.25) is 0 Å². The van der Waals surface area contributed by atoms with E-state index in [2.05, 4.69) is 81.1 Å². The van der Waals surface area contributed by atoms with Crippen molar-refractivity contribution in [2.75, 3.05) is 6.54 Å². The van der Waals surface area contributed by atoms with Gasteiger partial charge in [-0.1, -0.05) is 36.7 Å². The molecule has 0 bridgehead atoms. The maximum atomic E-state index is 6.14. The van der Waals surface area contributed by atoms with Crippen LogP contribution in [0.25, 0.3) is 0 Å². The molecule has 0 aliphatic carbocycles. The van der Waals surface area contributed by atoms with E-state index < -0.39 is 0 Å². The number of nitrogens with one attached hydrogen (secondary N) is 1. The molecule has 0 radical (unpaired) electrons. The molecule has 96 valence electrons. The molecule has 0 fully saturated rings. The standard InChI is InChI=1S/C13H12BrClINS/c1-2-17-12(8-5-3-4-6-10(8)16)11-7-9(14)13(15)18-11/h3-7,12,17H,2H2,1H3. The summed E-state index contributed by atoms with van der Waals surface area (Å²) in [6.45, 7) is 3.04. The van der Waals surface area contributed by atoms with Gasteiger partial charge in [-0.3, -0.25) is 0 Å². The fourth-order valence-corrected chi connectivity index (χ4v) is 4.31. The highest BCUT2D eigenvalue weighted by molar-refractivity contribution is 14.1. The minimum Gasteiger partial charge on any atom is -0.306 e. The molecule has 1 N–H and O–H groups in total. The summed E-state index contributed by atoms with van der Waals surface area (Å²) in [7, 11) is 0. The molecule has 18 heavy (non-hydrogen) atoms. The van der Waals surface area contributed by atoms with Crippen molar-refractivity contribution in [2.45, 2.75) is 13.0 Å². The first-order valence-corrected chi connectivity index (χ1v) is 8.62. The van der Waals surface area contributed by atoms with Crippen LogP contribution in [0.5, 0.6) is 0 Å². The van der Waals surface area contributed by atoms with E-state index in [9.17, 15) is 0 Å². The van der Waals surface area contributed by atoms with E-state index in [0.717, 1.165) is 15.4 Å². The fourth-order valence-electron chi connectivity index (χ4n) is 1.78. The van der Waals surface area contributed by atoms with Crippen LogP contribution >= 0.6 is 61.5 Å². The summed E-state index contributed by atoms with van der Waals surface area (Å²) in [5, 5.41) is 3.52. The Morgan fingerprint density at radius 1 is 1.44 bits per heavy atom. The molecule has 0 spiro atoms. The van der Waals surface area contributed by atoms with Crippen LogP contribution in [0.15, 0.2) is 34.8 Å². The van der Waals surface area contributed by atoms with Crippen LogP contribution in [-0.2, 0) is 0 Å². The van der Waals surface area contributed by atoms with Gasteiger partial charge in [-0.2, -0.15) is 0 Å². The lowest BCUT2D eigenvalue weighted by atomic mass is 10.1. The SMILES string of the molecule is CCNC(c1cc(Br)c(Cl)s1)c1ccccc1I. The minimum atomic E-state index is 0.205. The number of thiophene rings is 1. The Balaban J connectivity index is 2.43. The molecular formula is C13H12BrClINS. The van der Waals surface area contributed by atoms with Crippen LogP contribution in [0.3, 0.4) is 0 Å². The Kier molecular flexibility index (Phi) is 5.50. The zero-order chi connectivity index (χ0) is 13.1. The first-order chi connectivity index (χ1) is 8.63. The van der Waals surface area contributed by atoms with E-state index in [1.807, 2.05) is 0 Å².